The smallest absolute Gasteiger partial charge is 0.248 e. The van der Waals surface area contributed by atoms with Gasteiger partial charge in [-0.25, -0.2) is 0 Å². The van der Waals surface area contributed by atoms with Crippen LogP contribution in [0.5, 0.6) is 0 Å². The van der Waals surface area contributed by atoms with E-state index in [9.17, 15) is 4.79 Å². The summed E-state index contributed by atoms with van der Waals surface area (Å²) in [6.07, 6.45) is 0. The summed E-state index contributed by atoms with van der Waals surface area (Å²) in [5.74, 6) is -0.414. The zero-order valence-electron chi connectivity index (χ0n) is 6.74. The molecule has 0 aliphatic rings. The quantitative estimate of drug-likeness (QED) is 0.664. The van der Waals surface area contributed by atoms with Gasteiger partial charge in [0, 0.05) is 12.1 Å². The molecule has 0 aliphatic carbocycles. The number of hydrogen-bond donors (Lipinski definition) is 0. The van der Waals surface area contributed by atoms with Crippen LogP contribution in [0.15, 0.2) is 21.3 Å². The Morgan fingerprint density at radius 3 is 1.47 bits per heavy atom. The highest BCUT2D eigenvalue weighted by Gasteiger charge is 2.32. The molecule has 0 atom stereocenters. The molecule has 2 nitrogen and oxygen atoms in total. The Labute approximate surface area is 115 Å². The van der Waals surface area contributed by atoms with Gasteiger partial charge in [-0.1, -0.05) is 69.6 Å². The lowest BCUT2D eigenvalue weighted by Gasteiger charge is -2.14. The summed E-state index contributed by atoms with van der Waals surface area (Å²) in [5.41, 5.74) is -0.482. The van der Waals surface area contributed by atoms with Crippen molar-refractivity contribution in [2.75, 3.05) is 0 Å². The highest BCUT2D eigenvalue weighted by atomic mass is 35.6. The van der Waals surface area contributed by atoms with Gasteiger partial charge >= 0.3 is 0 Å². The van der Waals surface area contributed by atoms with Crippen molar-refractivity contribution in [3.63, 3.8) is 0 Å². The second-order valence-electron chi connectivity index (χ2n) is 2.52. The van der Waals surface area contributed by atoms with Crippen LogP contribution >= 0.6 is 69.6 Å². The SMILES string of the molecule is O=c1cc(C(Cl)(Cl)Cl)oc(C(Cl)(Cl)Cl)c1. The van der Waals surface area contributed by atoms with Crippen LogP contribution in [-0.2, 0) is 7.59 Å². The minimum atomic E-state index is -1.88. The molecule has 0 N–H and O–H groups in total. The van der Waals surface area contributed by atoms with E-state index in [4.69, 9.17) is 74.0 Å². The molecule has 0 bridgehead atoms. The Morgan fingerprint density at radius 1 is 0.867 bits per heavy atom. The third kappa shape index (κ3) is 3.88. The second-order valence-corrected chi connectivity index (χ2v) is 7.08. The van der Waals surface area contributed by atoms with Gasteiger partial charge in [0.1, 0.15) is 0 Å². The van der Waals surface area contributed by atoms with Crippen molar-refractivity contribution in [2.24, 2.45) is 0 Å². The first kappa shape index (κ1) is 13.8. The average Bonchev–Trinajstić information content (AvgIpc) is 1.99. The van der Waals surface area contributed by atoms with Gasteiger partial charge in [0.2, 0.25) is 7.59 Å². The molecule has 0 spiro atoms. The molecule has 0 saturated heterocycles. The normalized spacial score (nSPS) is 12.9. The monoisotopic (exact) mass is 328 g/mol. The molecule has 0 amide bonds. The fourth-order valence-corrected chi connectivity index (χ4v) is 1.32. The Bertz CT molecular complexity index is 377. The van der Waals surface area contributed by atoms with E-state index in [2.05, 4.69) is 0 Å². The summed E-state index contributed by atoms with van der Waals surface area (Å²) in [6, 6.07) is 2.01. The summed E-state index contributed by atoms with van der Waals surface area (Å²) < 4.78 is 1.23. The lowest BCUT2D eigenvalue weighted by molar-refractivity contribution is 0.456. The highest BCUT2D eigenvalue weighted by molar-refractivity contribution is 6.67. The third-order valence-electron chi connectivity index (χ3n) is 1.33. The second kappa shape index (κ2) is 4.52. The maximum Gasteiger partial charge on any atom is 0.248 e. The summed E-state index contributed by atoms with van der Waals surface area (Å²) in [5, 5.41) is 0. The fraction of sp³-hybridized carbons (Fsp3) is 0.286. The highest BCUT2D eigenvalue weighted by Crippen LogP contribution is 2.42. The zero-order chi connectivity index (χ0) is 11.9. The van der Waals surface area contributed by atoms with Crippen molar-refractivity contribution in [3.05, 3.63) is 33.9 Å². The molecular weight excluding hydrogens is 329 g/mol. The first-order chi connectivity index (χ1) is 6.60. The van der Waals surface area contributed by atoms with Gasteiger partial charge in [0.05, 0.1) is 0 Å². The standard InChI is InChI=1S/C7H2Cl6O2/c8-6(9,10)4-1-3(14)2-5(15-4)7(11,12)13/h1-2H. The lowest BCUT2D eigenvalue weighted by atomic mass is 10.3. The summed E-state index contributed by atoms with van der Waals surface area (Å²) in [4.78, 5) is 11.2. The van der Waals surface area contributed by atoms with E-state index in [0.29, 0.717) is 0 Å². The molecule has 0 saturated carbocycles. The molecule has 1 aromatic heterocycles. The maximum atomic E-state index is 11.2. The molecule has 1 aromatic rings. The van der Waals surface area contributed by atoms with Crippen LogP contribution < -0.4 is 5.43 Å². The van der Waals surface area contributed by atoms with Gasteiger partial charge in [0.25, 0.3) is 0 Å². The third-order valence-corrected chi connectivity index (χ3v) is 2.44. The van der Waals surface area contributed by atoms with Crippen LogP contribution in [0.2, 0.25) is 0 Å². The Hall–Kier alpha value is 0.690. The predicted octanol–water partition coefficient (Wildman–Crippen LogP) is 4.29. The van der Waals surface area contributed by atoms with Crippen molar-refractivity contribution in [1.82, 2.24) is 0 Å². The number of hydrogen-bond acceptors (Lipinski definition) is 2. The molecule has 0 aromatic carbocycles. The van der Waals surface area contributed by atoms with Gasteiger partial charge in [-0.2, -0.15) is 0 Å². The Morgan fingerprint density at radius 2 is 1.20 bits per heavy atom. The molecule has 0 unspecified atom stereocenters. The van der Waals surface area contributed by atoms with Crippen LogP contribution in [0.1, 0.15) is 11.5 Å². The van der Waals surface area contributed by atoms with E-state index < -0.39 is 13.0 Å². The molecule has 0 aliphatic heterocycles. The van der Waals surface area contributed by atoms with Crippen molar-refractivity contribution >= 4 is 69.6 Å². The minimum Gasteiger partial charge on any atom is -0.457 e. The fourth-order valence-electron chi connectivity index (χ4n) is 0.757. The Balaban J connectivity index is 3.36. The molecule has 1 rings (SSSR count). The van der Waals surface area contributed by atoms with Crippen molar-refractivity contribution in [3.8, 4) is 0 Å². The molecular formula is C7H2Cl6O2. The van der Waals surface area contributed by atoms with Crippen LogP contribution in [0.3, 0.4) is 0 Å². The van der Waals surface area contributed by atoms with Gasteiger partial charge in [0.15, 0.2) is 16.9 Å². The largest absolute Gasteiger partial charge is 0.457 e. The van der Waals surface area contributed by atoms with Crippen molar-refractivity contribution in [2.45, 2.75) is 7.59 Å². The van der Waals surface area contributed by atoms with Gasteiger partial charge < -0.3 is 4.42 Å². The van der Waals surface area contributed by atoms with Crippen LogP contribution in [-0.4, -0.2) is 0 Å². The number of rotatable bonds is 0. The van der Waals surface area contributed by atoms with E-state index in [-0.39, 0.29) is 11.5 Å². The molecule has 84 valence electrons. The predicted molar refractivity (Wildman–Crippen MR) is 63.5 cm³/mol. The summed E-state index contributed by atoms with van der Waals surface area (Å²) in [7, 11) is 0. The Kier molecular flexibility index (Phi) is 4.14. The van der Waals surface area contributed by atoms with Gasteiger partial charge in [-0.15, -0.1) is 0 Å². The van der Waals surface area contributed by atoms with E-state index in [0.717, 1.165) is 12.1 Å². The van der Waals surface area contributed by atoms with E-state index in [1.165, 1.54) is 0 Å². The average molecular weight is 331 g/mol. The van der Waals surface area contributed by atoms with E-state index >= 15 is 0 Å². The minimum absolute atomic E-state index is 0.207. The number of alkyl halides is 6. The van der Waals surface area contributed by atoms with Crippen LogP contribution in [0.25, 0.3) is 0 Å². The molecule has 15 heavy (non-hydrogen) atoms. The van der Waals surface area contributed by atoms with E-state index in [1.54, 1.807) is 0 Å². The molecule has 0 radical (unpaired) electrons. The molecule has 1 heterocycles. The summed E-state index contributed by atoms with van der Waals surface area (Å²) in [6.45, 7) is 0. The van der Waals surface area contributed by atoms with Crippen LogP contribution in [0.4, 0.5) is 0 Å². The molecule has 8 heteroatoms. The van der Waals surface area contributed by atoms with E-state index in [1.807, 2.05) is 0 Å². The molecule has 0 fully saturated rings. The summed E-state index contributed by atoms with van der Waals surface area (Å²) >= 11 is 33.1. The maximum absolute atomic E-state index is 11.2. The number of halogens is 6. The van der Waals surface area contributed by atoms with Crippen molar-refractivity contribution in [1.29, 1.82) is 0 Å². The first-order valence-corrected chi connectivity index (χ1v) is 5.67. The van der Waals surface area contributed by atoms with Gasteiger partial charge in [-0.05, 0) is 0 Å². The zero-order valence-corrected chi connectivity index (χ0v) is 11.3. The topological polar surface area (TPSA) is 30.2 Å². The van der Waals surface area contributed by atoms with Gasteiger partial charge in [-0.3, -0.25) is 4.79 Å². The first-order valence-electron chi connectivity index (χ1n) is 3.40. The van der Waals surface area contributed by atoms with Crippen molar-refractivity contribution < 1.29 is 4.42 Å². The lowest BCUT2D eigenvalue weighted by Crippen LogP contribution is -2.12. The van der Waals surface area contributed by atoms with Crippen LogP contribution in [0, 0.1) is 0 Å².